The molecule has 1 aliphatic rings. The average Bonchev–Trinajstić information content (AvgIpc) is 2.94. The van der Waals surface area contributed by atoms with Crippen molar-refractivity contribution in [2.24, 2.45) is 0 Å². The maximum absolute atomic E-state index is 12.8. The SMILES string of the molecule is COc1cc(/C=C2\SC(=S)N(NC(=O)c3ccc(C)cc3Cl)C2=O)cc(Cl)c1OC. The summed E-state index contributed by atoms with van der Waals surface area (Å²) in [7, 11) is 2.97. The van der Waals surface area contributed by atoms with Gasteiger partial charge >= 0.3 is 0 Å². The standard InChI is InChI=1S/C20H16Cl2N2O4S2/c1-10-4-5-12(13(21)6-10)18(25)23-24-19(26)16(30-20(24)29)9-11-7-14(22)17(28-3)15(8-11)27-2/h4-9H,1-3H3,(H,23,25)/b16-9-. The van der Waals surface area contributed by atoms with Crippen molar-refractivity contribution in [3.63, 3.8) is 0 Å². The lowest BCUT2D eigenvalue weighted by Gasteiger charge is -2.16. The fraction of sp³-hybridized carbons (Fsp3) is 0.150. The molecule has 0 bridgehead atoms. The van der Waals surface area contributed by atoms with Gasteiger partial charge in [0.25, 0.3) is 11.8 Å². The number of halogens is 2. The van der Waals surface area contributed by atoms with Gasteiger partial charge < -0.3 is 9.47 Å². The molecule has 156 valence electrons. The molecule has 3 rings (SSSR count). The molecule has 1 saturated heterocycles. The Labute approximate surface area is 193 Å². The van der Waals surface area contributed by atoms with E-state index in [1.807, 2.05) is 6.92 Å². The highest BCUT2D eigenvalue weighted by molar-refractivity contribution is 8.26. The van der Waals surface area contributed by atoms with Gasteiger partial charge in [0, 0.05) is 0 Å². The van der Waals surface area contributed by atoms with Crippen molar-refractivity contribution in [2.45, 2.75) is 6.92 Å². The van der Waals surface area contributed by atoms with E-state index >= 15 is 0 Å². The zero-order chi connectivity index (χ0) is 22.0. The second-order valence-corrected chi connectivity index (χ2v) is 8.67. The molecule has 1 fully saturated rings. The quantitative estimate of drug-likeness (QED) is 0.484. The molecule has 10 heteroatoms. The molecule has 1 aliphatic heterocycles. The lowest BCUT2D eigenvalue weighted by atomic mass is 10.1. The van der Waals surface area contributed by atoms with Gasteiger partial charge in [-0.1, -0.05) is 41.0 Å². The number of methoxy groups -OCH3 is 2. The largest absolute Gasteiger partial charge is 0.493 e. The van der Waals surface area contributed by atoms with Crippen LogP contribution in [-0.2, 0) is 4.79 Å². The van der Waals surface area contributed by atoms with E-state index in [-0.39, 0.29) is 14.9 Å². The Morgan fingerprint density at radius 1 is 1.17 bits per heavy atom. The molecule has 1 heterocycles. The monoisotopic (exact) mass is 482 g/mol. The van der Waals surface area contributed by atoms with Gasteiger partial charge in [0.05, 0.1) is 34.7 Å². The smallest absolute Gasteiger partial charge is 0.285 e. The van der Waals surface area contributed by atoms with E-state index in [1.165, 1.54) is 14.2 Å². The number of hydrogen-bond donors (Lipinski definition) is 1. The Hall–Kier alpha value is -2.26. The lowest BCUT2D eigenvalue weighted by molar-refractivity contribution is -0.123. The van der Waals surface area contributed by atoms with Crippen molar-refractivity contribution in [1.29, 1.82) is 0 Å². The number of aryl methyl sites for hydroxylation is 1. The molecule has 2 amide bonds. The molecule has 1 N–H and O–H groups in total. The van der Waals surface area contributed by atoms with Crippen LogP contribution in [-0.4, -0.2) is 35.4 Å². The number of carbonyl (C=O) groups excluding carboxylic acids is 2. The second-order valence-electron chi connectivity index (χ2n) is 6.18. The van der Waals surface area contributed by atoms with Crippen LogP contribution in [0.25, 0.3) is 6.08 Å². The summed E-state index contributed by atoms with van der Waals surface area (Å²) >= 11 is 18.7. The Balaban J connectivity index is 1.84. The van der Waals surface area contributed by atoms with E-state index < -0.39 is 11.8 Å². The molecule has 0 atom stereocenters. The normalized spacial score (nSPS) is 15.0. The van der Waals surface area contributed by atoms with Gasteiger partial charge in [0.2, 0.25) is 0 Å². The molecule has 0 spiro atoms. The number of hydrogen-bond acceptors (Lipinski definition) is 6. The second kappa shape index (κ2) is 9.26. The van der Waals surface area contributed by atoms with Crippen molar-refractivity contribution in [3.05, 3.63) is 62.0 Å². The number of nitrogens with one attached hydrogen (secondary N) is 1. The van der Waals surface area contributed by atoms with Crippen LogP contribution in [0.2, 0.25) is 10.0 Å². The number of thioether (sulfide) groups is 1. The van der Waals surface area contributed by atoms with Gasteiger partial charge in [-0.25, -0.2) is 0 Å². The minimum absolute atomic E-state index is 0.189. The fourth-order valence-corrected chi connectivity index (χ4v) is 4.50. The highest BCUT2D eigenvalue weighted by Gasteiger charge is 2.34. The highest BCUT2D eigenvalue weighted by Crippen LogP contribution is 2.38. The molecule has 0 aliphatic carbocycles. The van der Waals surface area contributed by atoms with E-state index in [0.717, 1.165) is 22.3 Å². The minimum Gasteiger partial charge on any atom is -0.493 e. The van der Waals surface area contributed by atoms with Gasteiger partial charge in [-0.3, -0.25) is 15.0 Å². The van der Waals surface area contributed by atoms with Crippen LogP contribution in [0.4, 0.5) is 0 Å². The molecule has 2 aromatic rings. The summed E-state index contributed by atoms with van der Waals surface area (Å²) in [5.41, 5.74) is 4.28. The lowest BCUT2D eigenvalue weighted by Crippen LogP contribution is -2.44. The van der Waals surface area contributed by atoms with Crippen LogP contribution < -0.4 is 14.9 Å². The number of benzene rings is 2. The zero-order valence-electron chi connectivity index (χ0n) is 16.1. The Kier molecular flexibility index (Phi) is 6.92. The Morgan fingerprint density at radius 3 is 2.53 bits per heavy atom. The van der Waals surface area contributed by atoms with Gasteiger partial charge in [0.15, 0.2) is 15.8 Å². The topological polar surface area (TPSA) is 67.9 Å². The molecular formula is C20H16Cl2N2O4S2. The van der Waals surface area contributed by atoms with Crippen molar-refractivity contribution in [1.82, 2.24) is 10.4 Å². The summed E-state index contributed by atoms with van der Waals surface area (Å²) < 4.78 is 10.7. The number of hydrazine groups is 1. The number of carbonyl (C=O) groups is 2. The molecule has 0 aromatic heterocycles. The molecule has 0 unspecified atom stereocenters. The van der Waals surface area contributed by atoms with Gasteiger partial charge in [0.1, 0.15) is 0 Å². The molecule has 30 heavy (non-hydrogen) atoms. The summed E-state index contributed by atoms with van der Waals surface area (Å²) in [5.74, 6) is -0.181. The van der Waals surface area contributed by atoms with Crippen LogP contribution in [0.3, 0.4) is 0 Å². The molecule has 0 saturated carbocycles. The zero-order valence-corrected chi connectivity index (χ0v) is 19.3. The third-order valence-corrected chi connectivity index (χ3v) is 6.03. The Bertz CT molecular complexity index is 1090. The van der Waals surface area contributed by atoms with Gasteiger partial charge in [-0.05, 0) is 60.6 Å². The number of nitrogens with zero attached hydrogens (tertiary/aromatic N) is 1. The molecular weight excluding hydrogens is 467 g/mol. The first-order valence-electron chi connectivity index (χ1n) is 8.51. The maximum Gasteiger partial charge on any atom is 0.285 e. The van der Waals surface area contributed by atoms with E-state index in [0.29, 0.717) is 27.0 Å². The summed E-state index contributed by atoms with van der Waals surface area (Å²) in [6.07, 6.45) is 1.61. The number of ether oxygens (including phenoxy) is 2. The molecule has 0 radical (unpaired) electrons. The van der Waals surface area contributed by atoms with E-state index in [1.54, 1.807) is 36.4 Å². The van der Waals surface area contributed by atoms with Crippen LogP contribution in [0.15, 0.2) is 35.2 Å². The first kappa shape index (κ1) is 22.4. The number of amides is 2. The third kappa shape index (κ3) is 4.57. The highest BCUT2D eigenvalue weighted by atomic mass is 35.5. The number of rotatable bonds is 5. The van der Waals surface area contributed by atoms with Crippen molar-refractivity contribution in [3.8, 4) is 11.5 Å². The summed E-state index contributed by atoms with van der Waals surface area (Å²) in [4.78, 5) is 25.7. The van der Waals surface area contributed by atoms with Crippen LogP contribution in [0.5, 0.6) is 11.5 Å². The average molecular weight is 483 g/mol. The van der Waals surface area contributed by atoms with Crippen LogP contribution in [0.1, 0.15) is 21.5 Å². The summed E-state index contributed by atoms with van der Waals surface area (Å²) in [6.45, 7) is 1.86. The Morgan fingerprint density at radius 2 is 1.90 bits per heavy atom. The predicted molar refractivity (Wildman–Crippen MR) is 123 cm³/mol. The third-order valence-electron chi connectivity index (χ3n) is 4.13. The minimum atomic E-state index is -0.535. The van der Waals surface area contributed by atoms with Gasteiger partial charge in [-0.15, -0.1) is 0 Å². The van der Waals surface area contributed by atoms with Crippen molar-refractivity contribution < 1.29 is 19.1 Å². The van der Waals surface area contributed by atoms with Crippen molar-refractivity contribution >= 4 is 69.4 Å². The van der Waals surface area contributed by atoms with E-state index in [2.05, 4.69) is 5.43 Å². The van der Waals surface area contributed by atoms with Crippen molar-refractivity contribution in [2.75, 3.05) is 14.2 Å². The maximum atomic E-state index is 12.8. The first-order chi connectivity index (χ1) is 14.2. The predicted octanol–water partition coefficient (Wildman–Crippen LogP) is 4.87. The summed E-state index contributed by atoms with van der Waals surface area (Å²) in [6, 6.07) is 8.33. The van der Waals surface area contributed by atoms with E-state index in [9.17, 15) is 9.59 Å². The van der Waals surface area contributed by atoms with Crippen LogP contribution in [0, 0.1) is 6.92 Å². The number of thiocarbonyl (C=S) groups is 1. The molecule has 2 aromatic carbocycles. The summed E-state index contributed by atoms with van der Waals surface area (Å²) in [5, 5.41) is 1.64. The molecule has 6 nitrogen and oxygen atoms in total. The first-order valence-corrected chi connectivity index (χ1v) is 10.5. The van der Waals surface area contributed by atoms with Gasteiger partial charge in [-0.2, -0.15) is 5.01 Å². The fourth-order valence-electron chi connectivity index (χ4n) is 2.70. The van der Waals surface area contributed by atoms with Crippen LogP contribution >= 0.6 is 47.2 Å². The van der Waals surface area contributed by atoms with E-state index in [4.69, 9.17) is 44.9 Å².